The van der Waals surface area contributed by atoms with E-state index in [2.05, 4.69) is 20.7 Å². The maximum Gasteiger partial charge on any atom is 0.326 e. The zero-order valence-electron chi connectivity index (χ0n) is 13.4. The highest BCUT2D eigenvalue weighted by Gasteiger charge is 2.21. The summed E-state index contributed by atoms with van der Waals surface area (Å²) >= 11 is 0. The van der Waals surface area contributed by atoms with Crippen LogP contribution in [0.15, 0.2) is 24.7 Å². The minimum Gasteiger partial charge on any atom is -0.480 e. The van der Waals surface area contributed by atoms with E-state index in [4.69, 9.17) is 5.11 Å². The molecule has 0 fully saturated rings. The maximum absolute atomic E-state index is 12.1. The largest absolute Gasteiger partial charge is 0.480 e. The molecular formula is C15H19N5O4. The number of amides is 2. The minimum absolute atomic E-state index is 0.117. The number of carboxylic acids is 1. The van der Waals surface area contributed by atoms with Gasteiger partial charge in [0.2, 0.25) is 5.91 Å². The summed E-state index contributed by atoms with van der Waals surface area (Å²) in [7, 11) is 0. The highest BCUT2D eigenvalue weighted by atomic mass is 16.4. The monoisotopic (exact) mass is 333 g/mol. The molecule has 0 saturated carbocycles. The molecule has 9 nitrogen and oxygen atoms in total. The van der Waals surface area contributed by atoms with E-state index in [0.717, 1.165) is 0 Å². The second-order valence-electron chi connectivity index (χ2n) is 5.72. The topological polar surface area (TPSA) is 126 Å². The van der Waals surface area contributed by atoms with Crippen molar-refractivity contribution in [1.82, 2.24) is 25.2 Å². The first-order valence-electron chi connectivity index (χ1n) is 7.47. The number of hydrogen-bond donors (Lipinski definition) is 3. The molecule has 2 aromatic heterocycles. The smallest absolute Gasteiger partial charge is 0.326 e. The van der Waals surface area contributed by atoms with Crippen LogP contribution < -0.4 is 10.6 Å². The molecule has 0 aromatic carbocycles. The number of nitrogens with zero attached hydrogens (tertiary/aromatic N) is 3. The number of fused-ring (bicyclic) bond motifs is 1. The molecule has 9 heteroatoms. The van der Waals surface area contributed by atoms with Gasteiger partial charge in [0.05, 0.1) is 12.7 Å². The highest BCUT2D eigenvalue weighted by Crippen LogP contribution is 2.07. The summed E-state index contributed by atoms with van der Waals surface area (Å²) in [6, 6.07) is 0.698. The van der Waals surface area contributed by atoms with E-state index in [0.29, 0.717) is 12.1 Å². The van der Waals surface area contributed by atoms with E-state index in [9.17, 15) is 14.4 Å². The van der Waals surface area contributed by atoms with Crippen molar-refractivity contribution in [2.75, 3.05) is 6.54 Å². The molecule has 2 aromatic rings. The molecular weight excluding hydrogens is 314 g/mol. The van der Waals surface area contributed by atoms with Gasteiger partial charge >= 0.3 is 5.97 Å². The Morgan fingerprint density at radius 2 is 2.08 bits per heavy atom. The number of carbonyl (C=O) groups is 3. The van der Waals surface area contributed by atoms with Gasteiger partial charge in [-0.1, -0.05) is 13.8 Å². The van der Waals surface area contributed by atoms with E-state index in [1.807, 2.05) is 13.8 Å². The standard InChI is InChI=1S/C15H19N5O4/c1-9(2)6-11(15(23)24)19-12(21)8-17-14(22)10-7-18-20-5-3-4-16-13(10)20/h3-5,7,9,11H,6,8H2,1-2H3,(H,17,22)(H,19,21)(H,23,24)/t11-/m0/s1. The Morgan fingerprint density at radius 1 is 1.33 bits per heavy atom. The Bertz CT molecular complexity index is 755. The van der Waals surface area contributed by atoms with Gasteiger partial charge in [-0.15, -0.1) is 0 Å². The van der Waals surface area contributed by atoms with Crippen LogP contribution in [0.3, 0.4) is 0 Å². The van der Waals surface area contributed by atoms with Gasteiger partial charge in [-0.25, -0.2) is 14.3 Å². The number of aromatic nitrogens is 3. The number of carboxylic acid groups (broad SMARTS) is 1. The van der Waals surface area contributed by atoms with Crippen LogP contribution in [0.4, 0.5) is 0 Å². The Labute approximate surface area is 138 Å². The van der Waals surface area contributed by atoms with E-state index >= 15 is 0 Å². The zero-order valence-corrected chi connectivity index (χ0v) is 13.4. The fourth-order valence-corrected chi connectivity index (χ4v) is 2.18. The minimum atomic E-state index is -1.10. The van der Waals surface area contributed by atoms with Crippen LogP contribution in [0.25, 0.3) is 5.65 Å². The van der Waals surface area contributed by atoms with Crippen molar-refractivity contribution in [2.24, 2.45) is 5.92 Å². The van der Waals surface area contributed by atoms with E-state index in [-0.39, 0.29) is 18.0 Å². The lowest BCUT2D eigenvalue weighted by atomic mass is 10.0. The second-order valence-corrected chi connectivity index (χ2v) is 5.72. The molecule has 0 spiro atoms. The number of rotatable bonds is 7. The van der Waals surface area contributed by atoms with E-state index in [1.165, 1.54) is 16.9 Å². The summed E-state index contributed by atoms with van der Waals surface area (Å²) in [6.07, 6.45) is 4.85. The average Bonchev–Trinajstić information content (AvgIpc) is 2.95. The fourth-order valence-electron chi connectivity index (χ4n) is 2.18. The molecule has 2 amide bonds. The van der Waals surface area contributed by atoms with Crippen molar-refractivity contribution < 1.29 is 19.5 Å². The third-order valence-corrected chi connectivity index (χ3v) is 3.27. The van der Waals surface area contributed by atoms with Crippen LogP contribution in [-0.4, -0.2) is 50.1 Å². The second kappa shape index (κ2) is 7.53. The molecule has 3 N–H and O–H groups in total. The molecule has 128 valence electrons. The average molecular weight is 333 g/mol. The van der Waals surface area contributed by atoms with Gasteiger partial charge in [-0.3, -0.25) is 9.59 Å². The van der Waals surface area contributed by atoms with E-state index in [1.54, 1.807) is 12.3 Å². The molecule has 1 atom stereocenters. The number of hydrogen-bond acceptors (Lipinski definition) is 5. The molecule has 0 aliphatic rings. The number of carbonyl (C=O) groups excluding carboxylic acids is 2. The summed E-state index contributed by atoms with van der Waals surface area (Å²) in [5, 5.41) is 17.9. The van der Waals surface area contributed by atoms with Crippen LogP contribution in [0.1, 0.15) is 30.6 Å². The van der Waals surface area contributed by atoms with Gasteiger partial charge in [-0.2, -0.15) is 5.10 Å². The third-order valence-electron chi connectivity index (χ3n) is 3.27. The van der Waals surface area contributed by atoms with Crippen LogP contribution in [0.5, 0.6) is 0 Å². The third kappa shape index (κ3) is 4.28. The van der Waals surface area contributed by atoms with Crippen molar-refractivity contribution >= 4 is 23.4 Å². The van der Waals surface area contributed by atoms with Gasteiger partial charge in [0.15, 0.2) is 5.65 Å². The van der Waals surface area contributed by atoms with Crippen molar-refractivity contribution in [1.29, 1.82) is 0 Å². The van der Waals surface area contributed by atoms with Crippen molar-refractivity contribution in [3.63, 3.8) is 0 Å². The lowest BCUT2D eigenvalue weighted by Gasteiger charge is -2.16. The first-order valence-corrected chi connectivity index (χ1v) is 7.47. The predicted octanol–water partition coefficient (Wildman–Crippen LogP) is 0.0746. The van der Waals surface area contributed by atoms with Gasteiger partial charge in [0.1, 0.15) is 11.6 Å². The summed E-state index contributed by atoms with van der Waals surface area (Å²) in [5.74, 6) is -2.06. The van der Waals surface area contributed by atoms with Gasteiger partial charge < -0.3 is 15.7 Å². The highest BCUT2D eigenvalue weighted by molar-refractivity contribution is 6.01. The maximum atomic E-state index is 12.1. The molecule has 24 heavy (non-hydrogen) atoms. The van der Waals surface area contributed by atoms with Crippen LogP contribution in [-0.2, 0) is 9.59 Å². The molecule has 0 aliphatic heterocycles. The molecule has 0 aliphatic carbocycles. The summed E-state index contributed by atoms with van der Waals surface area (Å²) in [6.45, 7) is 3.40. The van der Waals surface area contributed by atoms with Gasteiger partial charge in [0, 0.05) is 12.4 Å². The van der Waals surface area contributed by atoms with Crippen LogP contribution in [0.2, 0.25) is 0 Å². The predicted molar refractivity (Wildman–Crippen MR) is 84.3 cm³/mol. The van der Waals surface area contributed by atoms with Crippen LogP contribution in [0, 0.1) is 5.92 Å². The first kappa shape index (κ1) is 17.4. The number of nitrogens with one attached hydrogen (secondary N) is 2. The Kier molecular flexibility index (Phi) is 5.46. The Balaban J connectivity index is 1.93. The van der Waals surface area contributed by atoms with E-state index < -0.39 is 23.8 Å². The molecule has 2 rings (SSSR count). The number of aliphatic carboxylic acids is 1. The molecule has 2 heterocycles. The fraction of sp³-hybridized carbons (Fsp3) is 0.400. The van der Waals surface area contributed by atoms with Crippen LogP contribution >= 0.6 is 0 Å². The van der Waals surface area contributed by atoms with Gasteiger partial charge in [0.25, 0.3) is 5.91 Å². The summed E-state index contributed by atoms with van der Waals surface area (Å²) in [5.41, 5.74) is 0.610. The zero-order chi connectivity index (χ0) is 17.7. The quantitative estimate of drug-likeness (QED) is 0.658. The molecule has 0 saturated heterocycles. The van der Waals surface area contributed by atoms with Crippen molar-refractivity contribution in [3.8, 4) is 0 Å². The van der Waals surface area contributed by atoms with Crippen molar-refractivity contribution in [3.05, 3.63) is 30.2 Å². The lowest BCUT2D eigenvalue weighted by Crippen LogP contribution is -2.46. The molecule has 0 bridgehead atoms. The Hall–Kier alpha value is -2.97. The van der Waals surface area contributed by atoms with Gasteiger partial charge in [-0.05, 0) is 18.4 Å². The summed E-state index contributed by atoms with van der Waals surface area (Å²) < 4.78 is 1.44. The lowest BCUT2D eigenvalue weighted by molar-refractivity contribution is -0.142. The molecule has 0 radical (unpaired) electrons. The summed E-state index contributed by atoms with van der Waals surface area (Å²) in [4.78, 5) is 39.1. The molecule has 0 unspecified atom stereocenters. The van der Waals surface area contributed by atoms with Crippen molar-refractivity contribution in [2.45, 2.75) is 26.3 Å². The Morgan fingerprint density at radius 3 is 2.75 bits per heavy atom. The normalized spacial score (nSPS) is 12.1. The first-order chi connectivity index (χ1) is 11.4. The SMILES string of the molecule is CC(C)C[C@H](NC(=O)CNC(=O)c1cnn2cccnc12)C(=O)O.